The van der Waals surface area contributed by atoms with Gasteiger partial charge in [0.25, 0.3) is 0 Å². The summed E-state index contributed by atoms with van der Waals surface area (Å²) in [6.07, 6.45) is 8.29. The Labute approximate surface area is 129 Å². The Balaban J connectivity index is 1.79. The van der Waals surface area contributed by atoms with Crippen molar-refractivity contribution in [1.82, 2.24) is 0 Å². The van der Waals surface area contributed by atoms with Gasteiger partial charge in [-0.1, -0.05) is 63.8 Å². The van der Waals surface area contributed by atoms with Gasteiger partial charge in [0.2, 0.25) is 0 Å². The van der Waals surface area contributed by atoms with Crippen LogP contribution in [0, 0.1) is 5.92 Å². The zero-order valence-corrected chi connectivity index (χ0v) is 13.6. The minimum absolute atomic E-state index is 0.345. The van der Waals surface area contributed by atoms with E-state index in [9.17, 15) is 5.11 Å². The summed E-state index contributed by atoms with van der Waals surface area (Å²) in [7, 11) is 0. The molecule has 3 unspecified atom stereocenters. The molecule has 0 saturated heterocycles. The molecule has 1 aromatic rings. The van der Waals surface area contributed by atoms with E-state index in [-0.39, 0.29) is 0 Å². The standard InChI is InChI=1S/C19H30O2/c1-3-6-16-9-11-17(12-10-16)19(20)14-21-18-8-5-7-15(4-2)13-18/h9-12,15,18-20H,3-8,13-14H2,1-2H3. The number of benzene rings is 1. The maximum Gasteiger partial charge on any atom is 0.102 e. The zero-order chi connectivity index (χ0) is 15.1. The lowest BCUT2D eigenvalue weighted by molar-refractivity contribution is -0.0339. The summed E-state index contributed by atoms with van der Waals surface area (Å²) >= 11 is 0. The Bertz CT molecular complexity index is 399. The Morgan fingerprint density at radius 1 is 1.19 bits per heavy atom. The third-order valence-corrected chi connectivity index (χ3v) is 4.71. The summed E-state index contributed by atoms with van der Waals surface area (Å²) in [5, 5.41) is 10.3. The number of aryl methyl sites for hydroxylation is 1. The molecule has 2 rings (SSSR count). The van der Waals surface area contributed by atoms with E-state index in [0.717, 1.165) is 30.7 Å². The molecule has 0 bridgehead atoms. The monoisotopic (exact) mass is 290 g/mol. The summed E-state index contributed by atoms with van der Waals surface area (Å²) < 4.78 is 5.96. The van der Waals surface area contributed by atoms with Crippen LogP contribution in [0.25, 0.3) is 0 Å². The van der Waals surface area contributed by atoms with Gasteiger partial charge in [-0.25, -0.2) is 0 Å². The average molecular weight is 290 g/mol. The molecule has 0 amide bonds. The maximum atomic E-state index is 10.3. The van der Waals surface area contributed by atoms with Crippen LogP contribution in [0.5, 0.6) is 0 Å². The minimum atomic E-state index is -0.498. The predicted molar refractivity (Wildman–Crippen MR) is 87.4 cm³/mol. The van der Waals surface area contributed by atoms with Gasteiger partial charge >= 0.3 is 0 Å². The molecule has 0 spiro atoms. The van der Waals surface area contributed by atoms with E-state index in [4.69, 9.17) is 4.74 Å². The number of ether oxygens (including phenoxy) is 1. The number of aliphatic hydroxyl groups excluding tert-OH is 1. The number of rotatable bonds is 7. The highest BCUT2D eigenvalue weighted by molar-refractivity contribution is 5.24. The van der Waals surface area contributed by atoms with Gasteiger partial charge in [0.1, 0.15) is 6.10 Å². The molecule has 21 heavy (non-hydrogen) atoms. The lowest BCUT2D eigenvalue weighted by Gasteiger charge is -2.29. The minimum Gasteiger partial charge on any atom is -0.386 e. The molecule has 118 valence electrons. The summed E-state index contributed by atoms with van der Waals surface area (Å²) in [6, 6.07) is 8.31. The molecule has 0 aliphatic heterocycles. The molecule has 1 N–H and O–H groups in total. The van der Waals surface area contributed by atoms with E-state index in [0.29, 0.717) is 12.7 Å². The highest BCUT2D eigenvalue weighted by Crippen LogP contribution is 2.29. The largest absolute Gasteiger partial charge is 0.386 e. The van der Waals surface area contributed by atoms with Crippen molar-refractivity contribution in [2.75, 3.05) is 6.61 Å². The summed E-state index contributed by atoms with van der Waals surface area (Å²) in [5.41, 5.74) is 2.31. The molecule has 2 nitrogen and oxygen atoms in total. The fraction of sp³-hybridized carbons (Fsp3) is 0.684. The SMILES string of the molecule is CCCc1ccc(C(O)COC2CCCC(CC)C2)cc1. The van der Waals surface area contributed by atoms with Crippen LogP contribution in [-0.4, -0.2) is 17.8 Å². The Hall–Kier alpha value is -0.860. The summed E-state index contributed by atoms with van der Waals surface area (Å²) in [5.74, 6) is 0.814. The van der Waals surface area contributed by atoms with Crippen LogP contribution >= 0.6 is 0 Å². The Morgan fingerprint density at radius 3 is 2.62 bits per heavy atom. The van der Waals surface area contributed by atoms with Crippen molar-refractivity contribution >= 4 is 0 Å². The lowest BCUT2D eigenvalue weighted by Crippen LogP contribution is -2.24. The van der Waals surface area contributed by atoms with Crippen LogP contribution in [0.3, 0.4) is 0 Å². The van der Waals surface area contributed by atoms with Crippen molar-refractivity contribution in [2.45, 2.75) is 71.0 Å². The first-order valence-electron chi connectivity index (χ1n) is 8.61. The van der Waals surface area contributed by atoms with Crippen molar-refractivity contribution in [2.24, 2.45) is 5.92 Å². The predicted octanol–water partition coefficient (Wildman–Crippen LogP) is 4.66. The van der Waals surface area contributed by atoms with Crippen molar-refractivity contribution < 1.29 is 9.84 Å². The lowest BCUT2D eigenvalue weighted by atomic mass is 9.85. The van der Waals surface area contributed by atoms with Crippen molar-refractivity contribution in [3.05, 3.63) is 35.4 Å². The van der Waals surface area contributed by atoms with Gasteiger partial charge in [0.15, 0.2) is 0 Å². The van der Waals surface area contributed by atoms with Gasteiger partial charge in [0.05, 0.1) is 12.7 Å². The average Bonchev–Trinajstić information content (AvgIpc) is 2.54. The highest BCUT2D eigenvalue weighted by Gasteiger charge is 2.22. The molecule has 1 aliphatic rings. The second-order valence-electron chi connectivity index (χ2n) is 6.40. The van der Waals surface area contributed by atoms with E-state index >= 15 is 0 Å². The first-order chi connectivity index (χ1) is 10.2. The molecule has 0 radical (unpaired) electrons. The van der Waals surface area contributed by atoms with E-state index in [1.165, 1.54) is 31.2 Å². The Morgan fingerprint density at radius 2 is 1.95 bits per heavy atom. The molecule has 1 aliphatic carbocycles. The Kier molecular flexibility index (Phi) is 6.72. The second-order valence-corrected chi connectivity index (χ2v) is 6.40. The van der Waals surface area contributed by atoms with Gasteiger partial charge in [-0.2, -0.15) is 0 Å². The molecule has 2 heteroatoms. The van der Waals surface area contributed by atoms with Crippen molar-refractivity contribution in [3.63, 3.8) is 0 Å². The van der Waals surface area contributed by atoms with Gasteiger partial charge < -0.3 is 9.84 Å². The third kappa shape index (κ3) is 5.12. The van der Waals surface area contributed by atoms with Gasteiger partial charge in [-0.05, 0) is 36.3 Å². The fourth-order valence-electron chi connectivity index (χ4n) is 3.28. The second kappa shape index (κ2) is 8.55. The topological polar surface area (TPSA) is 29.5 Å². The molecule has 1 fully saturated rings. The third-order valence-electron chi connectivity index (χ3n) is 4.71. The zero-order valence-electron chi connectivity index (χ0n) is 13.6. The maximum absolute atomic E-state index is 10.3. The summed E-state index contributed by atoms with van der Waals surface area (Å²) in [4.78, 5) is 0. The number of hydrogen-bond donors (Lipinski definition) is 1. The first kappa shape index (κ1) is 16.5. The first-order valence-corrected chi connectivity index (χ1v) is 8.61. The highest BCUT2D eigenvalue weighted by atomic mass is 16.5. The van der Waals surface area contributed by atoms with E-state index in [2.05, 4.69) is 26.0 Å². The molecule has 3 atom stereocenters. The summed E-state index contributed by atoms with van der Waals surface area (Å²) in [6.45, 7) is 4.87. The van der Waals surface area contributed by atoms with Crippen LogP contribution in [0.4, 0.5) is 0 Å². The van der Waals surface area contributed by atoms with Crippen LogP contribution in [0.1, 0.15) is 69.6 Å². The van der Waals surface area contributed by atoms with Crippen molar-refractivity contribution in [1.29, 1.82) is 0 Å². The van der Waals surface area contributed by atoms with Crippen LogP contribution in [0.2, 0.25) is 0 Å². The van der Waals surface area contributed by atoms with Gasteiger partial charge in [0, 0.05) is 0 Å². The van der Waals surface area contributed by atoms with Gasteiger partial charge in [-0.15, -0.1) is 0 Å². The normalized spacial score (nSPS) is 24.0. The molecule has 0 aromatic heterocycles. The quantitative estimate of drug-likeness (QED) is 0.791. The van der Waals surface area contributed by atoms with Crippen LogP contribution in [-0.2, 0) is 11.2 Å². The molecular formula is C19H30O2. The molecule has 0 heterocycles. The van der Waals surface area contributed by atoms with Crippen molar-refractivity contribution in [3.8, 4) is 0 Å². The van der Waals surface area contributed by atoms with E-state index in [1.807, 2.05) is 12.1 Å². The van der Waals surface area contributed by atoms with E-state index in [1.54, 1.807) is 0 Å². The van der Waals surface area contributed by atoms with Crippen LogP contribution in [0.15, 0.2) is 24.3 Å². The fourth-order valence-corrected chi connectivity index (χ4v) is 3.28. The molecule has 1 saturated carbocycles. The molecule has 1 aromatic carbocycles. The number of hydrogen-bond acceptors (Lipinski definition) is 2. The van der Waals surface area contributed by atoms with E-state index < -0.39 is 6.10 Å². The smallest absolute Gasteiger partial charge is 0.102 e. The number of aliphatic hydroxyl groups is 1. The van der Waals surface area contributed by atoms with Crippen LogP contribution < -0.4 is 0 Å². The molecular weight excluding hydrogens is 260 g/mol. The van der Waals surface area contributed by atoms with Gasteiger partial charge in [-0.3, -0.25) is 0 Å².